The molecule has 1 N–H and O–H groups in total. The molecule has 1 aliphatic carbocycles. The van der Waals surface area contributed by atoms with E-state index >= 15 is 0 Å². The Labute approximate surface area is 107 Å². The topological polar surface area (TPSA) is 63.3 Å². The highest BCUT2D eigenvalue weighted by molar-refractivity contribution is 5.85. The van der Waals surface area contributed by atoms with E-state index < -0.39 is 5.97 Å². The van der Waals surface area contributed by atoms with Crippen molar-refractivity contribution in [3.05, 3.63) is 17.3 Å². The molecule has 1 aromatic rings. The number of aryl methyl sites for hydroxylation is 1. The van der Waals surface area contributed by atoms with Crippen molar-refractivity contribution in [2.75, 3.05) is 0 Å². The van der Waals surface area contributed by atoms with Gasteiger partial charge in [0.25, 0.3) is 0 Å². The first kappa shape index (κ1) is 13.1. The third-order valence-electron chi connectivity index (χ3n) is 4.07. The van der Waals surface area contributed by atoms with Gasteiger partial charge in [-0.2, -0.15) is 0 Å². The van der Waals surface area contributed by atoms with Crippen LogP contribution in [-0.2, 0) is 11.8 Å². The van der Waals surface area contributed by atoms with Gasteiger partial charge in [0.2, 0.25) is 11.7 Å². The van der Waals surface area contributed by atoms with E-state index in [-0.39, 0.29) is 11.2 Å². The molecule has 4 nitrogen and oxygen atoms in total. The zero-order chi connectivity index (χ0) is 13.2. The Balaban J connectivity index is 2.39. The molecule has 1 fully saturated rings. The van der Waals surface area contributed by atoms with Gasteiger partial charge in [-0.15, -0.1) is 0 Å². The second-order valence-electron chi connectivity index (χ2n) is 5.19. The van der Waals surface area contributed by atoms with Gasteiger partial charge in [0, 0.05) is 5.41 Å². The summed E-state index contributed by atoms with van der Waals surface area (Å²) in [5.41, 5.74) is 0.593. The fourth-order valence-corrected chi connectivity index (χ4v) is 2.92. The van der Waals surface area contributed by atoms with E-state index in [2.05, 4.69) is 11.9 Å². The van der Waals surface area contributed by atoms with Gasteiger partial charge in [-0.1, -0.05) is 33.1 Å². The predicted octanol–water partition coefficient (Wildman–Crippen LogP) is 3.55. The number of nitrogens with zero attached hydrogens (tertiary/aromatic N) is 1. The summed E-state index contributed by atoms with van der Waals surface area (Å²) < 4.78 is 5.60. The minimum atomic E-state index is -0.999. The molecule has 4 heteroatoms. The van der Waals surface area contributed by atoms with Gasteiger partial charge < -0.3 is 9.52 Å². The van der Waals surface area contributed by atoms with Crippen LogP contribution in [0, 0.1) is 0 Å². The van der Waals surface area contributed by atoms with Gasteiger partial charge in [0.05, 0.1) is 5.69 Å². The molecule has 0 unspecified atom stereocenters. The molecular formula is C14H21NO3. The molecule has 1 saturated carbocycles. The van der Waals surface area contributed by atoms with Crippen LogP contribution in [0.1, 0.15) is 74.5 Å². The minimum absolute atomic E-state index is 0.0177. The van der Waals surface area contributed by atoms with Crippen LogP contribution in [0.15, 0.2) is 4.42 Å². The summed E-state index contributed by atoms with van der Waals surface area (Å²) in [6.45, 7) is 4.15. The maximum absolute atomic E-state index is 11.2. The van der Waals surface area contributed by atoms with E-state index in [9.17, 15) is 9.90 Å². The zero-order valence-electron chi connectivity index (χ0n) is 11.2. The number of aromatic carboxylic acids is 1. The summed E-state index contributed by atoms with van der Waals surface area (Å²) in [6.07, 6.45) is 7.02. The van der Waals surface area contributed by atoms with E-state index in [1.54, 1.807) is 0 Å². The summed E-state index contributed by atoms with van der Waals surface area (Å²) in [6, 6.07) is 0. The summed E-state index contributed by atoms with van der Waals surface area (Å²) in [4.78, 5) is 15.7. The average molecular weight is 251 g/mol. The molecule has 1 aromatic heterocycles. The largest absolute Gasteiger partial charge is 0.475 e. The fourth-order valence-electron chi connectivity index (χ4n) is 2.92. The highest BCUT2D eigenvalue weighted by atomic mass is 16.4. The average Bonchev–Trinajstić information content (AvgIpc) is 2.95. The number of carboxylic acids is 1. The summed E-state index contributed by atoms with van der Waals surface area (Å²) >= 11 is 0. The van der Waals surface area contributed by atoms with Gasteiger partial charge in [-0.25, -0.2) is 9.78 Å². The molecule has 0 spiro atoms. The maximum Gasteiger partial charge on any atom is 0.373 e. The molecule has 0 amide bonds. The highest BCUT2D eigenvalue weighted by Crippen LogP contribution is 2.43. The van der Waals surface area contributed by atoms with Gasteiger partial charge in [0.15, 0.2) is 0 Å². The normalized spacial score (nSPS) is 18.1. The second kappa shape index (κ2) is 5.12. The van der Waals surface area contributed by atoms with Crippen molar-refractivity contribution < 1.29 is 14.3 Å². The maximum atomic E-state index is 11.2. The fraction of sp³-hybridized carbons (Fsp3) is 0.714. The molecule has 0 radical (unpaired) electrons. The quantitative estimate of drug-likeness (QED) is 0.869. The first-order valence-electron chi connectivity index (χ1n) is 6.86. The molecule has 0 saturated heterocycles. The van der Waals surface area contributed by atoms with Crippen LogP contribution in [0.2, 0.25) is 0 Å². The number of aromatic nitrogens is 1. The second-order valence-corrected chi connectivity index (χ2v) is 5.19. The number of rotatable bonds is 5. The van der Waals surface area contributed by atoms with Gasteiger partial charge in [-0.3, -0.25) is 0 Å². The lowest BCUT2D eigenvalue weighted by Gasteiger charge is -2.22. The van der Waals surface area contributed by atoms with Crippen LogP contribution in [0.4, 0.5) is 0 Å². The van der Waals surface area contributed by atoms with Crippen LogP contribution in [0.5, 0.6) is 0 Å². The van der Waals surface area contributed by atoms with Gasteiger partial charge >= 0.3 is 5.97 Å². The SMILES string of the molecule is CCCc1nc(C2(CC)CCCC2)oc1C(=O)O. The Morgan fingerprint density at radius 2 is 2.06 bits per heavy atom. The molecule has 0 aliphatic heterocycles. The van der Waals surface area contributed by atoms with Crippen molar-refractivity contribution >= 4 is 5.97 Å². The van der Waals surface area contributed by atoms with Crippen molar-refractivity contribution in [2.45, 2.75) is 64.2 Å². The molecule has 100 valence electrons. The Hall–Kier alpha value is -1.32. The molecule has 1 aliphatic rings. The number of hydrogen-bond acceptors (Lipinski definition) is 3. The van der Waals surface area contributed by atoms with Gasteiger partial charge in [-0.05, 0) is 25.7 Å². The van der Waals surface area contributed by atoms with E-state index in [1.165, 1.54) is 12.8 Å². The first-order valence-corrected chi connectivity index (χ1v) is 6.86. The highest BCUT2D eigenvalue weighted by Gasteiger charge is 2.39. The van der Waals surface area contributed by atoms with Crippen molar-refractivity contribution in [2.24, 2.45) is 0 Å². The summed E-state index contributed by atoms with van der Waals surface area (Å²) in [5, 5.41) is 9.17. The van der Waals surface area contributed by atoms with Crippen LogP contribution >= 0.6 is 0 Å². The molecule has 1 heterocycles. The number of carboxylic acid groups (broad SMARTS) is 1. The van der Waals surface area contributed by atoms with Crippen molar-refractivity contribution in [3.63, 3.8) is 0 Å². The van der Waals surface area contributed by atoms with E-state index in [4.69, 9.17) is 4.42 Å². The Morgan fingerprint density at radius 3 is 2.56 bits per heavy atom. The Kier molecular flexibility index (Phi) is 3.73. The minimum Gasteiger partial charge on any atom is -0.475 e. The molecular weight excluding hydrogens is 230 g/mol. The van der Waals surface area contributed by atoms with Crippen LogP contribution in [0.25, 0.3) is 0 Å². The molecule has 18 heavy (non-hydrogen) atoms. The lowest BCUT2D eigenvalue weighted by atomic mass is 9.83. The van der Waals surface area contributed by atoms with Gasteiger partial charge in [0.1, 0.15) is 0 Å². The van der Waals surface area contributed by atoms with Crippen LogP contribution < -0.4 is 0 Å². The van der Waals surface area contributed by atoms with Crippen molar-refractivity contribution in [1.29, 1.82) is 0 Å². The van der Waals surface area contributed by atoms with E-state index in [1.807, 2.05) is 6.92 Å². The van der Waals surface area contributed by atoms with Crippen LogP contribution in [-0.4, -0.2) is 16.1 Å². The Bertz CT molecular complexity index is 430. The summed E-state index contributed by atoms with van der Waals surface area (Å²) in [7, 11) is 0. The van der Waals surface area contributed by atoms with Crippen molar-refractivity contribution in [3.8, 4) is 0 Å². The third-order valence-corrected chi connectivity index (χ3v) is 4.07. The molecule has 0 bridgehead atoms. The lowest BCUT2D eigenvalue weighted by Crippen LogP contribution is -2.21. The zero-order valence-corrected chi connectivity index (χ0v) is 11.2. The monoisotopic (exact) mass is 251 g/mol. The Morgan fingerprint density at radius 1 is 1.39 bits per heavy atom. The number of hydrogen-bond donors (Lipinski definition) is 1. The predicted molar refractivity (Wildman–Crippen MR) is 67.9 cm³/mol. The smallest absolute Gasteiger partial charge is 0.373 e. The first-order chi connectivity index (χ1) is 8.63. The van der Waals surface area contributed by atoms with E-state index in [0.29, 0.717) is 18.0 Å². The molecule has 2 rings (SSSR count). The molecule has 0 atom stereocenters. The number of oxazole rings is 1. The van der Waals surface area contributed by atoms with E-state index in [0.717, 1.165) is 25.7 Å². The standard InChI is InChI=1S/C14H21NO3/c1-3-7-10-11(12(16)17)18-13(15-10)14(4-2)8-5-6-9-14/h3-9H2,1-2H3,(H,16,17). The van der Waals surface area contributed by atoms with Crippen molar-refractivity contribution in [1.82, 2.24) is 4.98 Å². The number of carbonyl (C=O) groups is 1. The summed E-state index contributed by atoms with van der Waals surface area (Å²) in [5.74, 6) is -0.295. The van der Waals surface area contributed by atoms with Crippen LogP contribution in [0.3, 0.4) is 0 Å². The lowest BCUT2D eigenvalue weighted by molar-refractivity contribution is 0.0655. The third kappa shape index (κ3) is 2.16. The molecule has 0 aromatic carbocycles.